The number of hydrazone groups is 1. The lowest BCUT2D eigenvalue weighted by Gasteiger charge is -2.22. The Hall–Kier alpha value is -3.99. The fourth-order valence-corrected chi connectivity index (χ4v) is 3.85. The second-order valence-electron chi connectivity index (χ2n) is 7.43. The van der Waals surface area contributed by atoms with Gasteiger partial charge in [0.25, 0.3) is 5.91 Å². The summed E-state index contributed by atoms with van der Waals surface area (Å²) in [7, 11) is 0. The molecule has 0 N–H and O–H groups in total. The molecular formula is C26H21N3O2. The van der Waals surface area contributed by atoms with E-state index in [0.29, 0.717) is 12.3 Å². The maximum Gasteiger partial charge on any atom is 0.281 e. The molecule has 0 radical (unpaired) electrons. The number of pyridine rings is 1. The van der Waals surface area contributed by atoms with Crippen LogP contribution in [0.3, 0.4) is 0 Å². The van der Waals surface area contributed by atoms with Gasteiger partial charge < -0.3 is 4.74 Å². The molecule has 0 saturated carbocycles. The van der Waals surface area contributed by atoms with Gasteiger partial charge in [-0.1, -0.05) is 72.8 Å². The van der Waals surface area contributed by atoms with E-state index in [1.54, 1.807) is 23.3 Å². The number of amides is 1. The molecule has 5 rings (SSSR count). The second-order valence-corrected chi connectivity index (χ2v) is 7.43. The largest absolute Gasteiger partial charge is 0.467 e. The molecule has 1 aliphatic heterocycles. The van der Waals surface area contributed by atoms with Crippen molar-refractivity contribution in [3.63, 3.8) is 0 Å². The third kappa shape index (κ3) is 4.03. The SMILES string of the molecule is O=C(COc1ccccn1)N1N=C(c2ccc3ccccc3c2)CC1c1ccccc1. The molecule has 2 heterocycles. The smallest absolute Gasteiger partial charge is 0.281 e. The summed E-state index contributed by atoms with van der Waals surface area (Å²) in [6.07, 6.45) is 2.29. The fourth-order valence-electron chi connectivity index (χ4n) is 3.85. The zero-order valence-corrected chi connectivity index (χ0v) is 16.9. The summed E-state index contributed by atoms with van der Waals surface area (Å²) in [4.78, 5) is 17.2. The van der Waals surface area contributed by atoms with Gasteiger partial charge in [0, 0.05) is 18.7 Å². The standard InChI is InChI=1S/C26H21N3O2/c30-26(18-31-25-12-6-7-15-27-25)29-24(20-9-2-1-3-10-20)17-23(28-29)22-14-13-19-8-4-5-11-21(19)16-22/h1-16,24H,17-18H2. The Balaban J connectivity index is 1.44. The number of benzene rings is 3. The molecule has 0 fully saturated rings. The third-order valence-corrected chi connectivity index (χ3v) is 5.41. The van der Waals surface area contributed by atoms with E-state index in [2.05, 4.69) is 35.3 Å². The number of carbonyl (C=O) groups excluding carboxylic acids is 1. The summed E-state index contributed by atoms with van der Waals surface area (Å²) in [6.45, 7) is -0.116. The Morgan fingerprint density at radius 1 is 0.903 bits per heavy atom. The van der Waals surface area contributed by atoms with Crippen LogP contribution in [-0.4, -0.2) is 28.2 Å². The van der Waals surface area contributed by atoms with Gasteiger partial charge in [0.1, 0.15) is 0 Å². The highest BCUT2D eigenvalue weighted by Crippen LogP contribution is 2.33. The molecule has 31 heavy (non-hydrogen) atoms. The predicted molar refractivity (Wildman–Crippen MR) is 121 cm³/mol. The lowest BCUT2D eigenvalue weighted by atomic mass is 9.97. The van der Waals surface area contributed by atoms with E-state index in [9.17, 15) is 4.79 Å². The predicted octanol–water partition coefficient (Wildman–Crippen LogP) is 4.99. The van der Waals surface area contributed by atoms with Crippen molar-refractivity contribution in [2.75, 3.05) is 6.61 Å². The van der Waals surface area contributed by atoms with Crippen molar-refractivity contribution in [2.45, 2.75) is 12.5 Å². The van der Waals surface area contributed by atoms with E-state index in [1.807, 2.05) is 48.5 Å². The van der Waals surface area contributed by atoms with Crippen molar-refractivity contribution < 1.29 is 9.53 Å². The van der Waals surface area contributed by atoms with Crippen LogP contribution in [-0.2, 0) is 4.79 Å². The lowest BCUT2D eigenvalue weighted by Crippen LogP contribution is -2.31. The zero-order chi connectivity index (χ0) is 21.0. The highest BCUT2D eigenvalue weighted by molar-refractivity contribution is 6.05. The number of rotatable bonds is 5. The van der Waals surface area contributed by atoms with Crippen LogP contribution in [0, 0.1) is 0 Å². The van der Waals surface area contributed by atoms with Crippen LogP contribution in [0.1, 0.15) is 23.6 Å². The molecule has 5 nitrogen and oxygen atoms in total. The number of fused-ring (bicyclic) bond motifs is 1. The number of ether oxygens (including phenoxy) is 1. The quantitative estimate of drug-likeness (QED) is 0.468. The van der Waals surface area contributed by atoms with Gasteiger partial charge in [-0.05, 0) is 34.0 Å². The average molecular weight is 407 g/mol. The highest BCUT2D eigenvalue weighted by Gasteiger charge is 2.33. The Kier molecular flexibility index (Phi) is 5.15. The minimum Gasteiger partial charge on any atom is -0.467 e. The fraction of sp³-hybridized carbons (Fsp3) is 0.115. The molecule has 4 aromatic rings. The molecule has 1 unspecified atom stereocenters. The number of nitrogens with zero attached hydrogens (tertiary/aromatic N) is 3. The number of aromatic nitrogens is 1. The van der Waals surface area contributed by atoms with Gasteiger partial charge in [0.2, 0.25) is 5.88 Å². The van der Waals surface area contributed by atoms with Crippen molar-refractivity contribution in [2.24, 2.45) is 5.10 Å². The number of hydrogen-bond donors (Lipinski definition) is 0. The summed E-state index contributed by atoms with van der Waals surface area (Å²) in [5, 5.41) is 8.63. The van der Waals surface area contributed by atoms with Crippen molar-refractivity contribution in [3.05, 3.63) is 108 Å². The maximum atomic E-state index is 13.1. The summed E-state index contributed by atoms with van der Waals surface area (Å²) in [5.74, 6) is 0.223. The van der Waals surface area contributed by atoms with Crippen molar-refractivity contribution in [1.82, 2.24) is 9.99 Å². The minimum absolute atomic E-state index is 0.116. The van der Waals surface area contributed by atoms with Crippen molar-refractivity contribution in [1.29, 1.82) is 0 Å². The van der Waals surface area contributed by atoms with Crippen LogP contribution in [0.25, 0.3) is 10.8 Å². The van der Waals surface area contributed by atoms with E-state index in [4.69, 9.17) is 9.84 Å². The molecule has 1 aromatic heterocycles. The number of hydrogen-bond acceptors (Lipinski definition) is 4. The van der Waals surface area contributed by atoms with Crippen molar-refractivity contribution in [3.8, 4) is 5.88 Å². The van der Waals surface area contributed by atoms with Gasteiger partial charge in [-0.25, -0.2) is 9.99 Å². The van der Waals surface area contributed by atoms with E-state index >= 15 is 0 Å². The molecule has 5 heteroatoms. The number of carbonyl (C=O) groups is 1. The monoisotopic (exact) mass is 407 g/mol. The van der Waals surface area contributed by atoms with Crippen LogP contribution in [0.15, 0.2) is 102 Å². The van der Waals surface area contributed by atoms with Crippen LogP contribution in [0.4, 0.5) is 0 Å². The van der Waals surface area contributed by atoms with Crippen molar-refractivity contribution >= 4 is 22.4 Å². The summed E-state index contributed by atoms with van der Waals surface area (Å²) in [5.41, 5.74) is 2.97. The van der Waals surface area contributed by atoms with E-state index in [0.717, 1.165) is 22.2 Å². The first-order valence-corrected chi connectivity index (χ1v) is 10.3. The Bertz CT molecular complexity index is 1240. The minimum atomic E-state index is -0.199. The highest BCUT2D eigenvalue weighted by atomic mass is 16.5. The average Bonchev–Trinajstić information content (AvgIpc) is 3.29. The second kappa shape index (κ2) is 8.40. The van der Waals surface area contributed by atoms with Crippen LogP contribution in [0.2, 0.25) is 0 Å². The first kappa shape index (κ1) is 19.0. The molecule has 3 aromatic carbocycles. The van der Waals surface area contributed by atoms with Gasteiger partial charge in [0.05, 0.1) is 11.8 Å². The first-order chi connectivity index (χ1) is 15.3. The van der Waals surface area contributed by atoms with Crippen LogP contribution in [0.5, 0.6) is 5.88 Å². The lowest BCUT2D eigenvalue weighted by molar-refractivity contribution is -0.135. The molecule has 1 amide bonds. The van der Waals surface area contributed by atoms with Gasteiger partial charge in [0.15, 0.2) is 6.61 Å². The Morgan fingerprint density at radius 3 is 2.48 bits per heavy atom. The molecule has 1 aliphatic rings. The molecule has 0 saturated heterocycles. The van der Waals surface area contributed by atoms with E-state index in [-0.39, 0.29) is 18.6 Å². The van der Waals surface area contributed by atoms with E-state index in [1.165, 1.54) is 5.39 Å². The molecular weight excluding hydrogens is 386 g/mol. The Labute approximate surface area is 180 Å². The van der Waals surface area contributed by atoms with Gasteiger partial charge in [-0.2, -0.15) is 5.10 Å². The topological polar surface area (TPSA) is 54.8 Å². The normalized spacial score (nSPS) is 15.7. The molecule has 152 valence electrons. The van der Waals surface area contributed by atoms with E-state index < -0.39 is 0 Å². The zero-order valence-electron chi connectivity index (χ0n) is 16.9. The molecule has 0 spiro atoms. The summed E-state index contributed by atoms with van der Waals surface area (Å²) >= 11 is 0. The molecule has 0 aliphatic carbocycles. The van der Waals surface area contributed by atoms with Crippen LogP contribution >= 0.6 is 0 Å². The third-order valence-electron chi connectivity index (χ3n) is 5.41. The first-order valence-electron chi connectivity index (χ1n) is 10.3. The van der Waals surface area contributed by atoms with Gasteiger partial charge in [-0.3, -0.25) is 4.79 Å². The summed E-state index contributed by atoms with van der Waals surface area (Å²) < 4.78 is 5.59. The van der Waals surface area contributed by atoms with Gasteiger partial charge in [-0.15, -0.1) is 0 Å². The maximum absolute atomic E-state index is 13.1. The van der Waals surface area contributed by atoms with Gasteiger partial charge >= 0.3 is 0 Å². The molecule has 1 atom stereocenters. The molecule has 0 bridgehead atoms. The Morgan fingerprint density at radius 2 is 1.68 bits per heavy atom. The summed E-state index contributed by atoms with van der Waals surface area (Å²) in [6, 6.07) is 29.7. The van der Waals surface area contributed by atoms with Crippen LogP contribution < -0.4 is 4.74 Å².